The van der Waals surface area contributed by atoms with Crippen molar-refractivity contribution in [1.29, 1.82) is 0 Å². The first-order chi connectivity index (χ1) is 7.66. The normalized spacial score (nSPS) is 16.8. The zero-order valence-electron chi connectivity index (χ0n) is 10.2. The first kappa shape index (κ1) is 13.1. The molecule has 0 aromatic carbocycles. The van der Waals surface area contributed by atoms with Crippen LogP contribution in [-0.4, -0.2) is 23.7 Å². The second-order valence-corrected chi connectivity index (χ2v) is 4.11. The molecule has 2 atom stereocenters. The van der Waals surface area contributed by atoms with Gasteiger partial charge in [-0.05, 0) is 25.5 Å². The van der Waals surface area contributed by atoms with E-state index in [1.165, 1.54) is 0 Å². The highest BCUT2D eigenvalue weighted by Gasteiger charge is 2.32. The van der Waals surface area contributed by atoms with Gasteiger partial charge in [0.15, 0.2) is 0 Å². The minimum absolute atomic E-state index is 0.0531. The first-order valence-electron chi connectivity index (χ1n) is 5.57. The van der Waals surface area contributed by atoms with E-state index in [2.05, 4.69) is 24.3 Å². The molecule has 0 amide bonds. The fourth-order valence-corrected chi connectivity index (χ4v) is 1.71. The van der Waals surface area contributed by atoms with Crippen LogP contribution in [0.3, 0.4) is 0 Å². The van der Waals surface area contributed by atoms with Gasteiger partial charge in [-0.2, -0.15) is 0 Å². The minimum Gasteiger partial charge on any atom is -0.377 e. The SMILES string of the molecule is CCC(C)(OC)C(Cc1ccccn1)NN. The van der Waals surface area contributed by atoms with E-state index in [1.807, 2.05) is 18.2 Å². The van der Waals surface area contributed by atoms with E-state index in [1.54, 1.807) is 13.3 Å². The zero-order chi connectivity index (χ0) is 12.0. The van der Waals surface area contributed by atoms with E-state index < -0.39 is 0 Å². The molecule has 0 fully saturated rings. The molecule has 0 aliphatic carbocycles. The molecule has 0 aliphatic heterocycles. The molecule has 0 saturated carbocycles. The van der Waals surface area contributed by atoms with E-state index in [0.29, 0.717) is 0 Å². The van der Waals surface area contributed by atoms with Crippen LogP contribution in [0.25, 0.3) is 0 Å². The number of aromatic nitrogens is 1. The summed E-state index contributed by atoms with van der Waals surface area (Å²) in [6.45, 7) is 4.15. The number of hydrazine groups is 1. The van der Waals surface area contributed by atoms with Crippen LogP contribution in [0.5, 0.6) is 0 Å². The fourth-order valence-electron chi connectivity index (χ4n) is 1.71. The summed E-state index contributed by atoms with van der Waals surface area (Å²) in [5.74, 6) is 5.60. The molecule has 1 heterocycles. The Morgan fingerprint density at radius 2 is 2.31 bits per heavy atom. The van der Waals surface area contributed by atoms with Crippen LogP contribution in [-0.2, 0) is 11.2 Å². The molecule has 2 unspecified atom stereocenters. The summed E-state index contributed by atoms with van der Waals surface area (Å²) in [6, 6.07) is 5.93. The van der Waals surface area contributed by atoms with Crippen molar-refractivity contribution < 1.29 is 4.74 Å². The maximum absolute atomic E-state index is 5.60. The second-order valence-electron chi connectivity index (χ2n) is 4.11. The van der Waals surface area contributed by atoms with Crippen LogP contribution in [0, 0.1) is 0 Å². The lowest BCUT2D eigenvalue weighted by Crippen LogP contribution is -2.53. The molecule has 1 aromatic heterocycles. The minimum atomic E-state index is -0.272. The Labute approximate surface area is 97.2 Å². The molecule has 1 aromatic rings. The van der Waals surface area contributed by atoms with Crippen molar-refractivity contribution in [3.8, 4) is 0 Å². The Bertz CT molecular complexity index is 298. The molecule has 0 saturated heterocycles. The van der Waals surface area contributed by atoms with Gasteiger partial charge in [-0.3, -0.25) is 16.3 Å². The molecular weight excluding hydrogens is 202 g/mol. The van der Waals surface area contributed by atoms with Crippen molar-refractivity contribution in [1.82, 2.24) is 10.4 Å². The van der Waals surface area contributed by atoms with Crippen LogP contribution in [0.1, 0.15) is 26.0 Å². The predicted molar refractivity (Wildman–Crippen MR) is 64.8 cm³/mol. The Morgan fingerprint density at radius 1 is 1.56 bits per heavy atom. The molecular formula is C12H21N3O. The van der Waals surface area contributed by atoms with Crippen molar-refractivity contribution in [3.05, 3.63) is 30.1 Å². The summed E-state index contributed by atoms with van der Waals surface area (Å²) < 4.78 is 5.54. The van der Waals surface area contributed by atoms with Crippen molar-refractivity contribution in [2.24, 2.45) is 5.84 Å². The van der Waals surface area contributed by atoms with Gasteiger partial charge in [0, 0.05) is 25.4 Å². The third-order valence-electron chi connectivity index (χ3n) is 3.25. The van der Waals surface area contributed by atoms with Gasteiger partial charge in [0.1, 0.15) is 0 Å². The van der Waals surface area contributed by atoms with Crippen molar-refractivity contribution in [2.45, 2.75) is 38.3 Å². The maximum Gasteiger partial charge on any atom is 0.0817 e. The lowest BCUT2D eigenvalue weighted by Gasteiger charge is -2.35. The highest BCUT2D eigenvalue weighted by Crippen LogP contribution is 2.21. The van der Waals surface area contributed by atoms with E-state index in [9.17, 15) is 0 Å². The number of nitrogens with zero attached hydrogens (tertiary/aromatic N) is 1. The Morgan fingerprint density at radius 3 is 2.75 bits per heavy atom. The lowest BCUT2D eigenvalue weighted by molar-refractivity contribution is -0.0290. The molecule has 4 heteroatoms. The lowest BCUT2D eigenvalue weighted by atomic mass is 9.90. The summed E-state index contributed by atoms with van der Waals surface area (Å²) in [4.78, 5) is 4.30. The van der Waals surface area contributed by atoms with Crippen molar-refractivity contribution >= 4 is 0 Å². The highest BCUT2D eigenvalue weighted by atomic mass is 16.5. The van der Waals surface area contributed by atoms with Crippen LogP contribution in [0.15, 0.2) is 24.4 Å². The van der Waals surface area contributed by atoms with Crippen molar-refractivity contribution in [2.75, 3.05) is 7.11 Å². The van der Waals surface area contributed by atoms with Gasteiger partial charge >= 0.3 is 0 Å². The largest absolute Gasteiger partial charge is 0.377 e. The first-order valence-corrected chi connectivity index (χ1v) is 5.57. The smallest absolute Gasteiger partial charge is 0.0817 e. The van der Waals surface area contributed by atoms with Gasteiger partial charge in [0.25, 0.3) is 0 Å². The summed E-state index contributed by atoms with van der Waals surface area (Å²) >= 11 is 0. The number of ether oxygens (including phenoxy) is 1. The number of nitrogens with one attached hydrogen (secondary N) is 1. The number of methoxy groups -OCH3 is 1. The maximum atomic E-state index is 5.60. The number of rotatable bonds is 6. The van der Waals surface area contributed by atoms with Crippen LogP contribution in [0.4, 0.5) is 0 Å². The monoisotopic (exact) mass is 223 g/mol. The van der Waals surface area contributed by atoms with Gasteiger partial charge in [-0.15, -0.1) is 0 Å². The van der Waals surface area contributed by atoms with Crippen LogP contribution >= 0.6 is 0 Å². The standard InChI is InChI=1S/C12H21N3O/c1-4-12(2,16-3)11(15-13)9-10-7-5-6-8-14-10/h5-8,11,15H,4,9,13H2,1-3H3. The van der Waals surface area contributed by atoms with Crippen LogP contribution < -0.4 is 11.3 Å². The van der Waals surface area contributed by atoms with Gasteiger partial charge in [-0.1, -0.05) is 13.0 Å². The van der Waals surface area contributed by atoms with Gasteiger partial charge in [0.05, 0.1) is 11.6 Å². The summed E-state index contributed by atoms with van der Waals surface area (Å²) in [7, 11) is 1.71. The van der Waals surface area contributed by atoms with E-state index in [4.69, 9.17) is 10.6 Å². The van der Waals surface area contributed by atoms with Gasteiger partial charge in [0.2, 0.25) is 0 Å². The Kier molecular flexibility index (Phi) is 4.86. The topological polar surface area (TPSA) is 60.2 Å². The third kappa shape index (κ3) is 3.01. The van der Waals surface area contributed by atoms with E-state index in [-0.39, 0.29) is 11.6 Å². The number of nitrogens with two attached hydrogens (primary N) is 1. The number of pyridine rings is 1. The molecule has 0 aliphatic rings. The molecule has 0 bridgehead atoms. The molecule has 3 N–H and O–H groups in total. The van der Waals surface area contributed by atoms with E-state index >= 15 is 0 Å². The predicted octanol–water partition coefficient (Wildman–Crippen LogP) is 1.27. The molecule has 0 radical (unpaired) electrons. The summed E-state index contributed by atoms with van der Waals surface area (Å²) in [5, 5.41) is 0. The number of hydrogen-bond acceptors (Lipinski definition) is 4. The molecule has 90 valence electrons. The molecule has 0 spiro atoms. The Hall–Kier alpha value is -0.970. The third-order valence-corrected chi connectivity index (χ3v) is 3.25. The van der Waals surface area contributed by atoms with Gasteiger partial charge < -0.3 is 4.74 Å². The molecule has 16 heavy (non-hydrogen) atoms. The second kappa shape index (κ2) is 5.94. The Balaban J connectivity index is 2.76. The molecule has 1 rings (SSSR count). The summed E-state index contributed by atoms with van der Waals surface area (Å²) in [6.07, 6.45) is 3.44. The fraction of sp³-hybridized carbons (Fsp3) is 0.583. The van der Waals surface area contributed by atoms with Crippen LogP contribution in [0.2, 0.25) is 0 Å². The van der Waals surface area contributed by atoms with Crippen molar-refractivity contribution in [3.63, 3.8) is 0 Å². The van der Waals surface area contributed by atoms with E-state index in [0.717, 1.165) is 18.5 Å². The number of hydrogen-bond donors (Lipinski definition) is 2. The average Bonchev–Trinajstić information content (AvgIpc) is 2.36. The highest BCUT2D eigenvalue weighted by molar-refractivity contribution is 5.07. The molecule has 4 nitrogen and oxygen atoms in total. The average molecular weight is 223 g/mol. The quantitative estimate of drug-likeness (QED) is 0.563. The van der Waals surface area contributed by atoms with Gasteiger partial charge in [-0.25, -0.2) is 0 Å². The zero-order valence-corrected chi connectivity index (χ0v) is 10.2. The summed E-state index contributed by atoms with van der Waals surface area (Å²) in [5.41, 5.74) is 3.57.